The lowest BCUT2D eigenvalue weighted by atomic mass is 10.3. The van der Waals surface area contributed by atoms with Crippen LogP contribution in [0, 0.1) is 0 Å². The van der Waals surface area contributed by atoms with Gasteiger partial charge in [-0.15, -0.1) is 0 Å². The molecule has 1 fully saturated rings. The van der Waals surface area contributed by atoms with Crippen molar-refractivity contribution in [3.63, 3.8) is 0 Å². The van der Waals surface area contributed by atoms with Crippen molar-refractivity contribution in [2.45, 2.75) is 20.4 Å². The van der Waals surface area contributed by atoms with Gasteiger partial charge in [-0.25, -0.2) is 4.98 Å². The van der Waals surface area contributed by atoms with Gasteiger partial charge in [0.25, 0.3) is 0 Å². The summed E-state index contributed by atoms with van der Waals surface area (Å²) in [6.07, 6.45) is 3.71. The number of likely N-dealkylation sites (N-methyl/N-ethyl adjacent to an activating group) is 1. The summed E-state index contributed by atoms with van der Waals surface area (Å²) in [5.41, 5.74) is 1.02. The van der Waals surface area contributed by atoms with Crippen molar-refractivity contribution in [1.82, 2.24) is 20.2 Å². The van der Waals surface area contributed by atoms with Crippen molar-refractivity contribution < 1.29 is 0 Å². The maximum absolute atomic E-state index is 4.67. The Bertz CT molecular complexity index is 360. The minimum atomic E-state index is 0.798. The lowest BCUT2D eigenvalue weighted by Gasteiger charge is -2.34. The molecule has 0 bridgehead atoms. The van der Waals surface area contributed by atoms with Crippen LogP contribution in [0.5, 0.6) is 0 Å². The van der Waals surface area contributed by atoms with Gasteiger partial charge >= 0.3 is 0 Å². The van der Waals surface area contributed by atoms with E-state index in [1.54, 1.807) is 0 Å². The van der Waals surface area contributed by atoms with E-state index in [2.05, 4.69) is 38.9 Å². The summed E-state index contributed by atoms with van der Waals surface area (Å²) >= 11 is 0. The maximum atomic E-state index is 4.67. The molecule has 5 nitrogen and oxygen atoms in total. The zero-order chi connectivity index (χ0) is 12.8. The molecule has 0 radical (unpaired) electrons. The van der Waals surface area contributed by atoms with Crippen LogP contribution in [-0.4, -0.2) is 54.1 Å². The van der Waals surface area contributed by atoms with Crippen LogP contribution < -0.4 is 10.2 Å². The van der Waals surface area contributed by atoms with Crippen LogP contribution in [0.2, 0.25) is 0 Å². The highest BCUT2D eigenvalue weighted by molar-refractivity contribution is 5.37. The molecule has 1 aromatic heterocycles. The molecule has 1 N–H and O–H groups in total. The Kier molecular flexibility index (Phi) is 4.90. The molecule has 100 valence electrons. The van der Waals surface area contributed by atoms with E-state index in [0.29, 0.717) is 0 Å². The first-order valence-corrected chi connectivity index (χ1v) is 6.82. The van der Waals surface area contributed by atoms with Gasteiger partial charge in [0.1, 0.15) is 5.82 Å². The third-order valence-corrected chi connectivity index (χ3v) is 3.37. The number of nitrogens with zero attached hydrogens (tertiary/aromatic N) is 4. The van der Waals surface area contributed by atoms with Crippen LogP contribution in [0.1, 0.15) is 19.5 Å². The molecule has 0 aromatic carbocycles. The highest BCUT2D eigenvalue weighted by Crippen LogP contribution is 2.12. The van der Waals surface area contributed by atoms with Gasteiger partial charge in [-0.05, 0) is 13.1 Å². The average molecular weight is 249 g/mol. The largest absolute Gasteiger partial charge is 0.353 e. The normalized spacial score (nSPS) is 17.1. The van der Waals surface area contributed by atoms with Crippen molar-refractivity contribution in [1.29, 1.82) is 0 Å². The van der Waals surface area contributed by atoms with E-state index in [-0.39, 0.29) is 0 Å². The summed E-state index contributed by atoms with van der Waals surface area (Å²) in [5.74, 6) is 1.01. The number of anilines is 1. The van der Waals surface area contributed by atoms with Crippen LogP contribution in [-0.2, 0) is 6.54 Å². The quantitative estimate of drug-likeness (QED) is 0.833. The van der Waals surface area contributed by atoms with E-state index >= 15 is 0 Å². The van der Waals surface area contributed by atoms with Gasteiger partial charge in [0.15, 0.2) is 0 Å². The van der Waals surface area contributed by atoms with E-state index in [0.717, 1.165) is 57.3 Å². The molecule has 0 amide bonds. The fourth-order valence-corrected chi connectivity index (χ4v) is 2.18. The Morgan fingerprint density at radius 1 is 1.17 bits per heavy atom. The Morgan fingerprint density at radius 3 is 2.61 bits per heavy atom. The van der Waals surface area contributed by atoms with Crippen LogP contribution in [0.15, 0.2) is 12.4 Å². The molecule has 1 aromatic rings. The molecule has 2 heterocycles. The Hall–Kier alpha value is -1.20. The van der Waals surface area contributed by atoms with E-state index < -0.39 is 0 Å². The Morgan fingerprint density at radius 2 is 1.94 bits per heavy atom. The third-order valence-electron chi connectivity index (χ3n) is 3.37. The molecule has 0 aliphatic carbocycles. The first-order chi connectivity index (χ1) is 8.83. The van der Waals surface area contributed by atoms with Gasteiger partial charge in [-0.1, -0.05) is 13.8 Å². The molecule has 1 aliphatic rings. The summed E-state index contributed by atoms with van der Waals surface area (Å²) in [6.45, 7) is 11.5. The minimum absolute atomic E-state index is 0.798. The number of rotatable bonds is 5. The van der Waals surface area contributed by atoms with Gasteiger partial charge in [0.05, 0.1) is 11.9 Å². The Balaban J connectivity index is 1.96. The average Bonchev–Trinajstić information content (AvgIpc) is 2.45. The summed E-state index contributed by atoms with van der Waals surface area (Å²) in [6, 6.07) is 0. The fraction of sp³-hybridized carbons (Fsp3) is 0.692. The third kappa shape index (κ3) is 3.40. The van der Waals surface area contributed by atoms with E-state index in [9.17, 15) is 0 Å². The van der Waals surface area contributed by atoms with Gasteiger partial charge in [-0.2, -0.15) is 0 Å². The Labute approximate surface area is 109 Å². The van der Waals surface area contributed by atoms with E-state index in [1.807, 2.05) is 12.4 Å². The van der Waals surface area contributed by atoms with Crippen LogP contribution >= 0.6 is 0 Å². The molecule has 2 rings (SSSR count). The summed E-state index contributed by atoms with van der Waals surface area (Å²) in [4.78, 5) is 13.8. The van der Waals surface area contributed by atoms with Crippen molar-refractivity contribution in [2.75, 3.05) is 44.2 Å². The molecule has 0 spiro atoms. The minimum Gasteiger partial charge on any atom is -0.353 e. The highest BCUT2D eigenvalue weighted by Gasteiger charge is 2.17. The first kappa shape index (κ1) is 13.2. The molecule has 1 saturated heterocycles. The molecule has 0 atom stereocenters. The number of hydrogen-bond donors (Lipinski definition) is 1. The highest BCUT2D eigenvalue weighted by atomic mass is 15.3. The molecule has 1 aliphatic heterocycles. The second-order valence-corrected chi connectivity index (χ2v) is 4.57. The number of aromatic nitrogens is 2. The molecular formula is C13H23N5. The van der Waals surface area contributed by atoms with Gasteiger partial charge in [0.2, 0.25) is 0 Å². The zero-order valence-electron chi connectivity index (χ0n) is 11.4. The van der Waals surface area contributed by atoms with Gasteiger partial charge in [-0.3, -0.25) is 4.98 Å². The fourth-order valence-electron chi connectivity index (χ4n) is 2.18. The maximum Gasteiger partial charge on any atom is 0.147 e. The topological polar surface area (TPSA) is 44.3 Å². The SMILES string of the molecule is CCNCc1cncc(N2CCN(CC)CC2)n1. The second kappa shape index (κ2) is 6.66. The molecule has 5 heteroatoms. The van der Waals surface area contributed by atoms with Crippen LogP contribution in [0.3, 0.4) is 0 Å². The zero-order valence-corrected chi connectivity index (χ0v) is 11.4. The monoisotopic (exact) mass is 249 g/mol. The van der Waals surface area contributed by atoms with Gasteiger partial charge < -0.3 is 15.1 Å². The second-order valence-electron chi connectivity index (χ2n) is 4.57. The lowest BCUT2D eigenvalue weighted by molar-refractivity contribution is 0.270. The summed E-state index contributed by atoms with van der Waals surface area (Å²) in [5, 5.41) is 3.28. The van der Waals surface area contributed by atoms with Crippen LogP contribution in [0.25, 0.3) is 0 Å². The predicted molar refractivity (Wildman–Crippen MR) is 73.7 cm³/mol. The standard InChI is InChI=1S/C13H23N5/c1-3-14-9-12-10-15-11-13(16-12)18-7-5-17(4-2)6-8-18/h10-11,14H,3-9H2,1-2H3. The summed E-state index contributed by atoms with van der Waals surface area (Å²) in [7, 11) is 0. The van der Waals surface area contributed by atoms with Crippen molar-refractivity contribution in [2.24, 2.45) is 0 Å². The summed E-state index contributed by atoms with van der Waals surface area (Å²) < 4.78 is 0. The lowest BCUT2D eigenvalue weighted by Crippen LogP contribution is -2.46. The number of piperazine rings is 1. The first-order valence-electron chi connectivity index (χ1n) is 6.82. The van der Waals surface area contributed by atoms with Crippen LogP contribution in [0.4, 0.5) is 5.82 Å². The van der Waals surface area contributed by atoms with Crippen molar-refractivity contribution in [3.8, 4) is 0 Å². The number of hydrogen-bond acceptors (Lipinski definition) is 5. The van der Waals surface area contributed by atoms with Gasteiger partial charge in [0, 0.05) is 38.9 Å². The van der Waals surface area contributed by atoms with Crippen molar-refractivity contribution in [3.05, 3.63) is 18.1 Å². The number of nitrogens with one attached hydrogen (secondary N) is 1. The van der Waals surface area contributed by atoms with E-state index in [1.165, 1.54) is 0 Å². The smallest absolute Gasteiger partial charge is 0.147 e. The molecular weight excluding hydrogens is 226 g/mol. The predicted octanol–water partition coefficient (Wildman–Crippen LogP) is 0.728. The van der Waals surface area contributed by atoms with Crippen molar-refractivity contribution >= 4 is 5.82 Å². The molecule has 0 unspecified atom stereocenters. The van der Waals surface area contributed by atoms with E-state index in [4.69, 9.17) is 0 Å². The molecule has 18 heavy (non-hydrogen) atoms. The molecule has 0 saturated carbocycles.